The molecule has 2 rings (SSSR count). The Hall–Kier alpha value is -3.61. The van der Waals surface area contributed by atoms with Gasteiger partial charge in [0.2, 0.25) is 5.91 Å². The van der Waals surface area contributed by atoms with Gasteiger partial charge in [-0.15, -0.1) is 0 Å². The lowest BCUT2D eigenvalue weighted by Gasteiger charge is -2.05. The van der Waals surface area contributed by atoms with Crippen molar-refractivity contribution in [2.24, 2.45) is 22.2 Å². The van der Waals surface area contributed by atoms with E-state index in [0.717, 1.165) is 5.56 Å². The van der Waals surface area contributed by atoms with E-state index in [2.05, 4.69) is 4.99 Å². The number of ether oxygens (including phenoxy) is 1. The lowest BCUT2D eigenvalue weighted by molar-refractivity contribution is -0.113. The van der Waals surface area contributed by atoms with Crippen LogP contribution in [0.5, 0.6) is 5.75 Å². The summed E-state index contributed by atoms with van der Waals surface area (Å²) in [7, 11) is 0. The van der Waals surface area contributed by atoms with Crippen molar-refractivity contribution in [2.45, 2.75) is 0 Å². The highest BCUT2D eigenvalue weighted by molar-refractivity contribution is 5.92. The summed E-state index contributed by atoms with van der Waals surface area (Å²) < 4.78 is 5.26. The summed E-state index contributed by atoms with van der Waals surface area (Å²) in [6.45, 7) is 0. The first-order chi connectivity index (χ1) is 11.4. The minimum absolute atomic E-state index is 0.0594. The average molecular weight is 324 g/mol. The number of aliphatic imine (C=N–C) groups is 1. The molecule has 7 nitrogen and oxygen atoms in total. The van der Waals surface area contributed by atoms with Crippen molar-refractivity contribution in [3.8, 4) is 5.75 Å². The molecule has 0 aromatic heterocycles. The summed E-state index contributed by atoms with van der Waals surface area (Å²) >= 11 is 0. The molecule has 0 aliphatic rings. The van der Waals surface area contributed by atoms with Crippen LogP contribution in [0.15, 0.2) is 59.6 Å². The molecule has 0 atom stereocenters. The zero-order chi connectivity index (χ0) is 17.5. The summed E-state index contributed by atoms with van der Waals surface area (Å²) in [5.74, 6) is -0.721. The van der Waals surface area contributed by atoms with Gasteiger partial charge in [-0.1, -0.05) is 12.1 Å². The van der Waals surface area contributed by atoms with Gasteiger partial charge in [0, 0.05) is 6.08 Å². The molecule has 0 fully saturated rings. The number of primary amides is 1. The number of carbonyl (C=O) groups is 2. The molecule has 1 amide bonds. The number of nitrogens with two attached hydrogens (primary N) is 3. The smallest absolute Gasteiger partial charge is 0.343 e. The van der Waals surface area contributed by atoms with Gasteiger partial charge in [-0.3, -0.25) is 4.79 Å². The second-order valence-electron chi connectivity index (χ2n) is 4.78. The third kappa shape index (κ3) is 4.99. The number of benzene rings is 2. The van der Waals surface area contributed by atoms with E-state index in [9.17, 15) is 9.59 Å². The number of amides is 1. The Labute approximate surface area is 138 Å². The zero-order valence-electron chi connectivity index (χ0n) is 12.7. The largest absolute Gasteiger partial charge is 0.423 e. The van der Waals surface area contributed by atoms with Crippen molar-refractivity contribution >= 4 is 29.6 Å². The monoisotopic (exact) mass is 324 g/mol. The van der Waals surface area contributed by atoms with Gasteiger partial charge < -0.3 is 21.9 Å². The molecule has 2 aromatic rings. The molecular formula is C17H16N4O3. The van der Waals surface area contributed by atoms with E-state index in [4.69, 9.17) is 21.9 Å². The van der Waals surface area contributed by atoms with E-state index < -0.39 is 11.9 Å². The Balaban J connectivity index is 2.04. The number of hydrogen-bond acceptors (Lipinski definition) is 4. The van der Waals surface area contributed by atoms with E-state index in [-0.39, 0.29) is 5.96 Å². The molecule has 0 saturated carbocycles. The molecule has 0 heterocycles. The first-order valence-electron chi connectivity index (χ1n) is 6.93. The van der Waals surface area contributed by atoms with Crippen LogP contribution in [0.25, 0.3) is 6.08 Å². The Morgan fingerprint density at radius 1 is 0.917 bits per heavy atom. The SMILES string of the molecule is NC(=O)C=Cc1ccc(OC(=O)c2ccc(N=C(N)N)cc2)cc1. The minimum atomic E-state index is -0.533. The Morgan fingerprint density at radius 2 is 1.54 bits per heavy atom. The van der Waals surface area contributed by atoms with Gasteiger partial charge in [0.15, 0.2) is 5.96 Å². The predicted molar refractivity (Wildman–Crippen MR) is 91.5 cm³/mol. The average Bonchev–Trinajstić information content (AvgIpc) is 2.54. The van der Waals surface area contributed by atoms with Crippen molar-refractivity contribution in [3.63, 3.8) is 0 Å². The lowest BCUT2D eigenvalue weighted by atomic mass is 10.2. The molecule has 6 N–H and O–H groups in total. The van der Waals surface area contributed by atoms with Crippen LogP contribution in [0.1, 0.15) is 15.9 Å². The highest BCUT2D eigenvalue weighted by atomic mass is 16.5. The van der Waals surface area contributed by atoms with Gasteiger partial charge in [-0.05, 0) is 48.0 Å². The first kappa shape index (κ1) is 16.8. The van der Waals surface area contributed by atoms with Crippen LogP contribution in [0.4, 0.5) is 5.69 Å². The van der Waals surface area contributed by atoms with Gasteiger partial charge in [-0.2, -0.15) is 0 Å². The molecule has 24 heavy (non-hydrogen) atoms. The fourth-order valence-corrected chi connectivity index (χ4v) is 1.81. The first-order valence-corrected chi connectivity index (χ1v) is 6.93. The summed E-state index contributed by atoms with van der Waals surface area (Å²) in [5, 5.41) is 0. The van der Waals surface area contributed by atoms with Crippen LogP contribution < -0.4 is 21.9 Å². The Kier molecular flexibility index (Phi) is 5.30. The Morgan fingerprint density at radius 3 is 2.08 bits per heavy atom. The van der Waals surface area contributed by atoms with Crippen LogP contribution in [0.3, 0.4) is 0 Å². The highest BCUT2D eigenvalue weighted by Crippen LogP contribution is 2.17. The van der Waals surface area contributed by atoms with Crippen LogP contribution in [-0.2, 0) is 4.79 Å². The molecule has 0 spiro atoms. The Bertz CT molecular complexity index is 790. The molecule has 7 heteroatoms. The summed E-state index contributed by atoms with van der Waals surface area (Å²) in [4.78, 5) is 26.6. The predicted octanol–water partition coefficient (Wildman–Crippen LogP) is 1.31. The second-order valence-corrected chi connectivity index (χ2v) is 4.78. The molecular weight excluding hydrogens is 308 g/mol. The van der Waals surface area contributed by atoms with Crippen molar-refractivity contribution < 1.29 is 14.3 Å². The zero-order valence-corrected chi connectivity index (χ0v) is 12.7. The van der Waals surface area contributed by atoms with Crippen molar-refractivity contribution in [3.05, 3.63) is 65.7 Å². The van der Waals surface area contributed by atoms with Gasteiger partial charge in [0.25, 0.3) is 0 Å². The molecule has 0 aliphatic heterocycles. The van der Waals surface area contributed by atoms with E-state index in [1.807, 2.05) is 0 Å². The molecule has 0 bridgehead atoms. The van der Waals surface area contributed by atoms with E-state index in [0.29, 0.717) is 17.0 Å². The summed E-state index contributed by atoms with van der Waals surface area (Å²) in [5.41, 5.74) is 17.2. The number of carbonyl (C=O) groups excluding carboxylic acids is 2. The van der Waals surface area contributed by atoms with E-state index in [1.165, 1.54) is 6.08 Å². The highest BCUT2D eigenvalue weighted by Gasteiger charge is 2.08. The second kappa shape index (κ2) is 7.59. The van der Waals surface area contributed by atoms with Crippen LogP contribution in [0.2, 0.25) is 0 Å². The molecule has 0 aliphatic carbocycles. The van der Waals surface area contributed by atoms with Gasteiger partial charge in [0.1, 0.15) is 5.75 Å². The topological polar surface area (TPSA) is 134 Å². The number of rotatable bonds is 5. The number of hydrogen-bond donors (Lipinski definition) is 3. The maximum Gasteiger partial charge on any atom is 0.343 e. The van der Waals surface area contributed by atoms with E-state index >= 15 is 0 Å². The fourth-order valence-electron chi connectivity index (χ4n) is 1.81. The number of esters is 1. The molecule has 0 unspecified atom stereocenters. The normalized spacial score (nSPS) is 10.3. The molecule has 122 valence electrons. The molecule has 0 radical (unpaired) electrons. The lowest BCUT2D eigenvalue weighted by Crippen LogP contribution is -2.21. The van der Waals surface area contributed by atoms with Crippen LogP contribution in [-0.4, -0.2) is 17.8 Å². The van der Waals surface area contributed by atoms with Gasteiger partial charge in [0.05, 0.1) is 11.3 Å². The standard InChI is InChI=1S/C17H16N4O3/c18-15(22)10-3-11-1-8-14(9-2-11)24-16(23)12-4-6-13(7-5-12)21-17(19)20/h1-10H,(H2,18,22)(H4,19,20,21). The minimum Gasteiger partial charge on any atom is -0.423 e. The third-order valence-electron chi connectivity index (χ3n) is 2.89. The van der Waals surface area contributed by atoms with Crippen molar-refractivity contribution in [1.82, 2.24) is 0 Å². The maximum absolute atomic E-state index is 12.1. The maximum atomic E-state index is 12.1. The fraction of sp³-hybridized carbons (Fsp3) is 0. The molecule has 0 saturated heterocycles. The van der Waals surface area contributed by atoms with Crippen molar-refractivity contribution in [2.75, 3.05) is 0 Å². The summed E-state index contributed by atoms with van der Waals surface area (Å²) in [6.07, 6.45) is 2.81. The van der Waals surface area contributed by atoms with Crippen molar-refractivity contribution in [1.29, 1.82) is 0 Å². The third-order valence-corrected chi connectivity index (χ3v) is 2.89. The van der Waals surface area contributed by atoms with Crippen LogP contribution in [0, 0.1) is 0 Å². The van der Waals surface area contributed by atoms with Gasteiger partial charge in [-0.25, -0.2) is 9.79 Å². The quantitative estimate of drug-likeness (QED) is 0.251. The molecule has 2 aromatic carbocycles. The number of nitrogens with zero attached hydrogens (tertiary/aromatic N) is 1. The van der Waals surface area contributed by atoms with Gasteiger partial charge >= 0.3 is 5.97 Å². The van der Waals surface area contributed by atoms with Crippen LogP contribution >= 0.6 is 0 Å². The number of guanidine groups is 1. The van der Waals surface area contributed by atoms with E-state index in [1.54, 1.807) is 54.6 Å². The summed E-state index contributed by atoms with van der Waals surface area (Å²) in [6, 6.07) is 13.0.